The number of unbranched alkanes of at least 4 members (excludes halogenated alkanes) is 2. The molecule has 0 radical (unpaired) electrons. The van der Waals surface area contributed by atoms with Gasteiger partial charge in [0.15, 0.2) is 0 Å². The molecule has 0 fully saturated rings. The van der Waals surface area contributed by atoms with E-state index in [4.69, 9.17) is 10.2 Å². The number of aromatic carboxylic acids is 1. The van der Waals surface area contributed by atoms with Gasteiger partial charge in [-0.05, 0) is 42.0 Å². The van der Waals surface area contributed by atoms with E-state index in [1.165, 1.54) is 12.1 Å². The number of carboxylic acids is 2. The van der Waals surface area contributed by atoms with Crippen LogP contribution in [0.2, 0.25) is 0 Å². The van der Waals surface area contributed by atoms with Gasteiger partial charge in [-0.1, -0.05) is 62.2 Å². The summed E-state index contributed by atoms with van der Waals surface area (Å²) in [5, 5.41) is 29.5. The zero-order chi connectivity index (χ0) is 19.9. The maximum absolute atomic E-state index is 11.7. The molecule has 2 aromatic carbocycles. The Morgan fingerprint density at radius 2 is 1.48 bits per heavy atom. The van der Waals surface area contributed by atoms with Crippen LogP contribution in [0.4, 0.5) is 0 Å². The number of aliphatic hydroxyl groups is 1. The Labute approximate surface area is 159 Å². The third-order valence-corrected chi connectivity index (χ3v) is 5.03. The highest BCUT2D eigenvalue weighted by Crippen LogP contribution is 2.39. The minimum atomic E-state index is -1.24. The van der Waals surface area contributed by atoms with E-state index in [9.17, 15) is 14.7 Å². The van der Waals surface area contributed by atoms with E-state index in [-0.39, 0.29) is 17.9 Å². The molecule has 0 saturated heterocycles. The van der Waals surface area contributed by atoms with Crippen LogP contribution in [-0.2, 0) is 10.4 Å². The van der Waals surface area contributed by atoms with Gasteiger partial charge in [-0.15, -0.1) is 0 Å². The summed E-state index contributed by atoms with van der Waals surface area (Å²) in [6, 6.07) is 15.7. The maximum atomic E-state index is 11.7. The van der Waals surface area contributed by atoms with E-state index in [2.05, 4.69) is 0 Å². The fourth-order valence-electron chi connectivity index (χ4n) is 3.41. The maximum Gasteiger partial charge on any atom is 0.335 e. The molecule has 0 saturated carbocycles. The second-order valence-electron chi connectivity index (χ2n) is 6.91. The molecule has 2 rings (SSSR count). The van der Waals surface area contributed by atoms with Crippen molar-refractivity contribution in [3.05, 3.63) is 71.3 Å². The van der Waals surface area contributed by atoms with Crippen LogP contribution in [0.15, 0.2) is 54.6 Å². The van der Waals surface area contributed by atoms with Gasteiger partial charge in [-0.3, -0.25) is 4.79 Å². The van der Waals surface area contributed by atoms with Crippen LogP contribution in [0.3, 0.4) is 0 Å². The smallest absolute Gasteiger partial charge is 0.335 e. The van der Waals surface area contributed by atoms with Crippen molar-refractivity contribution in [2.75, 3.05) is 0 Å². The lowest BCUT2D eigenvalue weighted by Gasteiger charge is -2.35. The third kappa shape index (κ3) is 5.17. The Bertz CT molecular complexity index is 754. The first kappa shape index (κ1) is 20.6. The highest BCUT2D eigenvalue weighted by atomic mass is 16.4. The van der Waals surface area contributed by atoms with Crippen LogP contribution >= 0.6 is 0 Å². The zero-order valence-corrected chi connectivity index (χ0v) is 15.5. The van der Waals surface area contributed by atoms with Gasteiger partial charge in [-0.25, -0.2) is 4.79 Å². The van der Waals surface area contributed by atoms with Crippen molar-refractivity contribution >= 4 is 11.9 Å². The lowest BCUT2D eigenvalue weighted by atomic mass is 9.74. The molecule has 27 heavy (non-hydrogen) atoms. The summed E-state index contributed by atoms with van der Waals surface area (Å²) < 4.78 is 0. The zero-order valence-electron chi connectivity index (χ0n) is 15.5. The Hall–Kier alpha value is -2.66. The van der Waals surface area contributed by atoms with Gasteiger partial charge in [0.05, 0.1) is 5.56 Å². The van der Waals surface area contributed by atoms with Crippen LogP contribution < -0.4 is 0 Å². The van der Waals surface area contributed by atoms with Gasteiger partial charge in [0.1, 0.15) is 5.60 Å². The SMILES string of the molecule is CC(CCCCCC(=O)O)C(O)(c1ccccc1)c1ccc(C(=O)O)cc1. The normalized spacial score (nSPS) is 14.3. The second kappa shape index (κ2) is 9.33. The quantitative estimate of drug-likeness (QED) is 0.542. The van der Waals surface area contributed by atoms with Crippen molar-refractivity contribution < 1.29 is 24.9 Å². The highest BCUT2D eigenvalue weighted by Gasteiger charge is 2.37. The summed E-state index contributed by atoms with van der Waals surface area (Å²) in [7, 11) is 0. The van der Waals surface area contributed by atoms with Gasteiger partial charge < -0.3 is 15.3 Å². The number of carbonyl (C=O) groups is 2. The molecule has 0 aliphatic carbocycles. The number of carboxylic acid groups (broad SMARTS) is 2. The van der Waals surface area contributed by atoms with Crippen LogP contribution in [0.1, 0.15) is 60.5 Å². The Kier molecular flexibility index (Phi) is 7.13. The van der Waals surface area contributed by atoms with Crippen LogP contribution in [0.5, 0.6) is 0 Å². The predicted octanol–water partition coefficient (Wildman–Crippen LogP) is 4.29. The predicted molar refractivity (Wildman–Crippen MR) is 103 cm³/mol. The standard InChI is InChI=1S/C22H26O5/c1-16(8-4-2-7-11-20(23)24)22(27,18-9-5-3-6-10-18)19-14-12-17(13-15-19)21(25)26/h3,5-6,9-10,12-16,27H,2,4,7-8,11H2,1H3,(H,23,24)(H,25,26). The van der Waals surface area contributed by atoms with Crippen LogP contribution in [-0.4, -0.2) is 27.3 Å². The molecular formula is C22H26O5. The topological polar surface area (TPSA) is 94.8 Å². The van der Waals surface area contributed by atoms with Crippen LogP contribution in [0.25, 0.3) is 0 Å². The molecule has 0 aliphatic heterocycles. The Balaban J connectivity index is 2.22. The summed E-state index contributed by atoms with van der Waals surface area (Å²) in [6.45, 7) is 1.97. The van der Waals surface area contributed by atoms with Gasteiger partial charge in [-0.2, -0.15) is 0 Å². The fraction of sp³-hybridized carbons (Fsp3) is 0.364. The summed E-state index contributed by atoms with van der Waals surface area (Å²) >= 11 is 0. The summed E-state index contributed by atoms with van der Waals surface area (Å²) in [4.78, 5) is 21.7. The van der Waals surface area contributed by atoms with E-state index < -0.39 is 17.5 Å². The van der Waals surface area contributed by atoms with E-state index in [1.54, 1.807) is 12.1 Å². The van der Waals surface area contributed by atoms with Gasteiger partial charge in [0.25, 0.3) is 0 Å². The molecule has 5 nitrogen and oxygen atoms in total. The minimum Gasteiger partial charge on any atom is -0.481 e. The van der Waals surface area contributed by atoms with Crippen molar-refractivity contribution in [1.82, 2.24) is 0 Å². The summed E-state index contributed by atoms with van der Waals surface area (Å²) in [6.07, 6.45) is 3.12. The van der Waals surface area contributed by atoms with E-state index in [0.29, 0.717) is 12.0 Å². The molecule has 0 spiro atoms. The number of hydrogen-bond donors (Lipinski definition) is 3. The minimum absolute atomic E-state index is 0.125. The molecule has 0 aliphatic rings. The fourth-order valence-corrected chi connectivity index (χ4v) is 3.41. The lowest BCUT2D eigenvalue weighted by molar-refractivity contribution is -0.137. The first-order valence-corrected chi connectivity index (χ1v) is 9.19. The van der Waals surface area contributed by atoms with Crippen molar-refractivity contribution in [3.63, 3.8) is 0 Å². The lowest BCUT2D eigenvalue weighted by Crippen LogP contribution is -2.35. The van der Waals surface area contributed by atoms with E-state index in [1.807, 2.05) is 37.3 Å². The molecule has 0 aromatic heterocycles. The summed E-state index contributed by atoms with van der Waals surface area (Å²) in [5.41, 5.74) is 0.337. The Morgan fingerprint density at radius 3 is 2.04 bits per heavy atom. The third-order valence-electron chi connectivity index (χ3n) is 5.03. The van der Waals surface area contributed by atoms with Crippen molar-refractivity contribution in [3.8, 4) is 0 Å². The number of benzene rings is 2. The van der Waals surface area contributed by atoms with Crippen LogP contribution in [0, 0.1) is 5.92 Å². The van der Waals surface area contributed by atoms with Gasteiger partial charge >= 0.3 is 11.9 Å². The van der Waals surface area contributed by atoms with Crippen molar-refractivity contribution in [2.24, 2.45) is 5.92 Å². The van der Waals surface area contributed by atoms with Crippen molar-refractivity contribution in [1.29, 1.82) is 0 Å². The highest BCUT2D eigenvalue weighted by molar-refractivity contribution is 5.87. The molecule has 0 heterocycles. The first-order chi connectivity index (χ1) is 12.9. The van der Waals surface area contributed by atoms with E-state index in [0.717, 1.165) is 24.8 Å². The number of rotatable bonds is 10. The van der Waals surface area contributed by atoms with Crippen molar-refractivity contribution in [2.45, 2.75) is 44.6 Å². The second-order valence-corrected chi connectivity index (χ2v) is 6.91. The Morgan fingerprint density at radius 1 is 0.889 bits per heavy atom. The molecule has 0 bridgehead atoms. The largest absolute Gasteiger partial charge is 0.481 e. The molecule has 2 atom stereocenters. The van der Waals surface area contributed by atoms with Gasteiger partial charge in [0.2, 0.25) is 0 Å². The molecule has 2 aromatic rings. The molecule has 5 heteroatoms. The first-order valence-electron chi connectivity index (χ1n) is 9.19. The molecule has 2 unspecified atom stereocenters. The monoisotopic (exact) mass is 370 g/mol. The molecule has 3 N–H and O–H groups in total. The molecular weight excluding hydrogens is 344 g/mol. The number of aliphatic carboxylic acids is 1. The average molecular weight is 370 g/mol. The van der Waals surface area contributed by atoms with Gasteiger partial charge in [0, 0.05) is 6.42 Å². The average Bonchev–Trinajstić information content (AvgIpc) is 2.67. The molecule has 144 valence electrons. The summed E-state index contributed by atoms with van der Waals surface area (Å²) in [5.74, 6) is -1.92. The molecule has 0 amide bonds. The number of hydrogen-bond acceptors (Lipinski definition) is 3. The van der Waals surface area contributed by atoms with E-state index >= 15 is 0 Å².